The van der Waals surface area contributed by atoms with Crippen molar-refractivity contribution in [1.29, 1.82) is 0 Å². The van der Waals surface area contributed by atoms with Gasteiger partial charge in [0.2, 0.25) is 0 Å². The van der Waals surface area contributed by atoms with Gasteiger partial charge in [-0.2, -0.15) is 0 Å². The van der Waals surface area contributed by atoms with Crippen LogP contribution in [0.15, 0.2) is 77.8 Å². The van der Waals surface area contributed by atoms with Crippen molar-refractivity contribution in [2.45, 2.75) is 52.7 Å². The number of halogens is 1. The number of hydrogen-bond acceptors (Lipinski definition) is 8. The third-order valence-corrected chi connectivity index (χ3v) is 9.58. The number of hydrogen-bond donors (Lipinski definition) is 2. The highest BCUT2D eigenvalue weighted by atomic mass is 35.5. The second kappa shape index (κ2) is 12.2. The van der Waals surface area contributed by atoms with Gasteiger partial charge in [-0.25, -0.2) is 0 Å². The normalized spacial score (nSPS) is 14.1. The molecule has 5 aromatic rings. The standard InChI is InChI=1S/C35H33ClN6O3S/c1-19-20(2)46-34-30(19)31(22-12-16-25(36)17-13-22)38-28(32-41-40-21(3)42(32)34)18-29(43)45-35(4,5)24-14-10-23(11-15-24)33(44)39-27-9-7-6-8-26(27)37/h6-17,28H,18,37H2,1-5H3,(H,39,44)/t28-/m1/s1. The first-order valence-electron chi connectivity index (χ1n) is 14.8. The molecule has 0 saturated heterocycles. The van der Waals surface area contributed by atoms with Gasteiger partial charge in [-0.15, -0.1) is 21.5 Å². The average Bonchev–Trinajstić information content (AvgIpc) is 3.50. The van der Waals surface area contributed by atoms with Crippen LogP contribution >= 0.6 is 22.9 Å². The Labute approximate surface area is 276 Å². The summed E-state index contributed by atoms with van der Waals surface area (Å²) in [5.41, 5.74) is 10.9. The Hall–Kier alpha value is -4.80. The molecule has 0 unspecified atom stereocenters. The lowest BCUT2D eigenvalue weighted by Gasteiger charge is -2.26. The summed E-state index contributed by atoms with van der Waals surface area (Å²) in [4.78, 5) is 32.8. The molecule has 2 aromatic heterocycles. The number of benzene rings is 3. The van der Waals surface area contributed by atoms with Gasteiger partial charge in [-0.1, -0.05) is 48.0 Å². The highest BCUT2D eigenvalue weighted by Gasteiger charge is 2.34. The largest absolute Gasteiger partial charge is 0.455 e. The first-order valence-corrected chi connectivity index (χ1v) is 16.0. The molecule has 0 spiro atoms. The van der Waals surface area contributed by atoms with E-state index in [1.54, 1.807) is 59.9 Å². The van der Waals surface area contributed by atoms with Crippen molar-refractivity contribution in [2.24, 2.45) is 4.99 Å². The smallest absolute Gasteiger partial charge is 0.309 e. The summed E-state index contributed by atoms with van der Waals surface area (Å²) < 4.78 is 8.06. The predicted octanol–water partition coefficient (Wildman–Crippen LogP) is 7.50. The van der Waals surface area contributed by atoms with Gasteiger partial charge in [0.15, 0.2) is 5.82 Å². The van der Waals surface area contributed by atoms with Crippen LogP contribution in [0.1, 0.15) is 75.4 Å². The average molecular weight is 653 g/mol. The summed E-state index contributed by atoms with van der Waals surface area (Å²) in [7, 11) is 0. The van der Waals surface area contributed by atoms with Crippen LogP contribution in [-0.4, -0.2) is 32.4 Å². The Kier molecular flexibility index (Phi) is 8.26. The van der Waals surface area contributed by atoms with Crippen LogP contribution in [0, 0.1) is 20.8 Å². The molecule has 1 aliphatic rings. The fourth-order valence-corrected chi connectivity index (χ4v) is 6.84. The minimum Gasteiger partial charge on any atom is -0.455 e. The summed E-state index contributed by atoms with van der Waals surface area (Å²) in [6.45, 7) is 9.70. The van der Waals surface area contributed by atoms with E-state index in [4.69, 9.17) is 27.1 Å². The molecule has 9 nitrogen and oxygen atoms in total. The van der Waals surface area contributed by atoms with Crippen LogP contribution in [0.25, 0.3) is 5.00 Å². The van der Waals surface area contributed by atoms with E-state index in [9.17, 15) is 9.59 Å². The Morgan fingerprint density at radius 2 is 1.70 bits per heavy atom. The van der Waals surface area contributed by atoms with Crippen molar-refractivity contribution in [3.05, 3.63) is 122 Å². The number of fused-ring (bicyclic) bond motifs is 3. The Morgan fingerprint density at radius 3 is 2.39 bits per heavy atom. The highest BCUT2D eigenvalue weighted by Crippen LogP contribution is 2.40. The molecule has 0 fully saturated rings. The van der Waals surface area contributed by atoms with Gasteiger partial charge < -0.3 is 15.8 Å². The number of nitrogens with zero attached hydrogens (tertiary/aromatic N) is 4. The maximum atomic E-state index is 13.6. The minimum atomic E-state index is -0.987. The summed E-state index contributed by atoms with van der Waals surface area (Å²) >= 11 is 7.87. The van der Waals surface area contributed by atoms with Gasteiger partial charge in [-0.05, 0) is 82.1 Å². The van der Waals surface area contributed by atoms with E-state index in [-0.39, 0.29) is 12.3 Å². The number of nitrogens with two attached hydrogens (primary N) is 1. The third-order valence-electron chi connectivity index (χ3n) is 8.14. The number of aromatic nitrogens is 3. The molecule has 3 heterocycles. The van der Waals surface area contributed by atoms with Crippen molar-refractivity contribution >= 4 is 51.9 Å². The SMILES string of the molecule is Cc1sc2c(c1C)C(c1ccc(Cl)cc1)=N[C@H](CC(=O)OC(C)(C)c1ccc(C(=O)Nc3ccccc3N)cc1)c1nnc(C)n1-2. The molecular formula is C35H33ClN6O3S. The van der Waals surface area contributed by atoms with E-state index >= 15 is 0 Å². The van der Waals surface area contributed by atoms with Crippen LogP contribution < -0.4 is 11.1 Å². The maximum absolute atomic E-state index is 13.6. The highest BCUT2D eigenvalue weighted by molar-refractivity contribution is 7.15. The number of anilines is 2. The molecule has 0 radical (unpaired) electrons. The fourth-order valence-electron chi connectivity index (χ4n) is 5.50. The van der Waals surface area contributed by atoms with Crippen molar-refractivity contribution in [1.82, 2.24) is 14.8 Å². The van der Waals surface area contributed by atoms with Crippen molar-refractivity contribution < 1.29 is 14.3 Å². The molecule has 46 heavy (non-hydrogen) atoms. The molecule has 0 bridgehead atoms. The number of carbonyl (C=O) groups excluding carboxylic acids is 2. The first-order chi connectivity index (χ1) is 21.9. The Bertz CT molecular complexity index is 1990. The first kappa shape index (κ1) is 31.2. The number of ether oxygens (including phenoxy) is 1. The van der Waals surface area contributed by atoms with Crippen LogP contribution in [-0.2, 0) is 15.1 Å². The molecule has 1 aliphatic heterocycles. The van der Waals surface area contributed by atoms with Gasteiger partial charge in [0.1, 0.15) is 22.5 Å². The van der Waals surface area contributed by atoms with E-state index in [2.05, 4.69) is 29.4 Å². The monoisotopic (exact) mass is 652 g/mol. The predicted molar refractivity (Wildman–Crippen MR) is 182 cm³/mol. The second-order valence-electron chi connectivity index (χ2n) is 11.7. The maximum Gasteiger partial charge on any atom is 0.309 e. The van der Waals surface area contributed by atoms with E-state index in [0.717, 1.165) is 37.8 Å². The second-order valence-corrected chi connectivity index (χ2v) is 13.4. The topological polar surface area (TPSA) is 124 Å². The zero-order valence-electron chi connectivity index (χ0n) is 26.1. The molecule has 1 amide bonds. The van der Waals surface area contributed by atoms with Crippen LogP contribution in [0.4, 0.5) is 11.4 Å². The molecular weight excluding hydrogens is 620 g/mol. The van der Waals surface area contributed by atoms with Crippen LogP contribution in [0.5, 0.6) is 0 Å². The number of para-hydroxylation sites is 2. The lowest BCUT2D eigenvalue weighted by Crippen LogP contribution is -2.27. The van der Waals surface area contributed by atoms with Crippen LogP contribution in [0.3, 0.4) is 0 Å². The number of aliphatic imine (C=N–C) groups is 1. The molecule has 3 N–H and O–H groups in total. The summed E-state index contributed by atoms with van der Waals surface area (Å²) in [6, 6.07) is 20.9. The minimum absolute atomic E-state index is 0.0510. The van der Waals surface area contributed by atoms with Gasteiger partial charge in [0.05, 0.1) is 23.5 Å². The molecule has 0 saturated carbocycles. The molecule has 3 aromatic carbocycles. The van der Waals surface area contributed by atoms with E-state index in [1.165, 1.54) is 0 Å². The molecule has 11 heteroatoms. The molecule has 6 rings (SSSR count). The quantitative estimate of drug-likeness (QED) is 0.139. The fraction of sp³-hybridized carbons (Fsp3) is 0.229. The lowest BCUT2D eigenvalue weighted by molar-refractivity contribution is -0.158. The number of nitrogen functional groups attached to an aromatic ring is 1. The van der Waals surface area contributed by atoms with Gasteiger partial charge >= 0.3 is 5.97 Å². The zero-order valence-corrected chi connectivity index (χ0v) is 27.7. The van der Waals surface area contributed by atoms with E-state index in [1.807, 2.05) is 49.6 Å². The molecule has 0 aliphatic carbocycles. The summed E-state index contributed by atoms with van der Waals surface area (Å²) in [5, 5.41) is 13.3. The Morgan fingerprint density at radius 1 is 1.00 bits per heavy atom. The summed E-state index contributed by atoms with van der Waals surface area (Å²) in [6.07, 6.45) is -0.0510. The van der Waals surface area contributed by atoms with Gasteiger partial charge in [0.25, 0.3) is 5.91 Å². The summed E-state index contributed by atoms with van der Waals surface area (Å²) in [5.74, 6) is 0.553. The van der Waals surface area contributed by atoms with Crippen molar-refractivity contribution in [3.8, 4) is 5.00 Å². The third kappa shape index (κ3) is 5.93. The lowest BCUT2D eigenvalue weighted by atomic mass is 9.96. The van der Waals surface area contributed by atoms with E-state index in [0.29, 0.717) is 33.6 Å². The van der Waals surface area contributed by atoms with Crippen molar-refractivity contribution in [3.63, 3.8) is 0 Å². The van der Waals surface area contributed by atoms with Gasteiger partial charge in [-0.3, -0.25) is 19.1 Å². The van der Waals surface area contributed by atoms with Crippen molar-refractivity contribution in [2.75, 3.05) is 11.1 Å². The molecule has 234 valence electrons. The Balaban J connectivity index is 1.26. The number of thiophene rings is 1. The number of esters is 1. The number of carbonyl (C=O) groups is 2. The zero-order chi connectivity index (χ0) is 32.7. The number of aryl methyl sites for hydroxylation is 2. The number of nitrogens with one attached hydrogen (secondary N) is 1. The molecule has 1 atom stereocenters. The van der Waals surface area contributed by atoms with Crippen LogP contribution in [0.2, 0.25) is 5.02 Å². The van der Waals surface area contributed by atoms with Gasteiger partial charge in [0, 0.05) is 26.6 Å². The number of rotatable bonds is 7. The number of amides is 1. The van der Waals surface area contributed by atoms with E-state index < -0.39 is 17.6 Å².